The smallest absolute Gasteiger partial charge is 0.252 e. The standard InChI is InChI=1S/C11H13N/c1-9-7-5-6-8-10(9)11(2,3)12-4/h5-8H,1-3H3. The van der Waals surface area contributed by atoms with E-state index in [1.807, 2.05) is 45.0 Å². The van der Waals surface area contributed by atoms with E-state index in [1.165, 1.54) is 5.56 Å². The first-order valence-electron chi connectivity index (χ1n) is 4.02. The van der Waals surface area contributed by atoms with E-state index in [0.717, 1.165) is 5.56 Å². The summed E-state index contributed by atoms with van der Waals surface area (Å²) in [7, 11) is 0. The number of benzene rings is 1. The van der Waals surface area contributed by atoms with Gasteiger partial charge < -0.3 is 4.85 Å². The Kier molecular flexibility index (Phi) is 2.19. The Bertz CT molecular complexity index is 318. The quantitative estimate of drug-likeness (QED) is 0.554. The highest BCUT2D eigenvalue weighted by molar-refractivity contribution is 5.33. The van der Waals surface area contributed by atoms with Crippen molar-refractivity contribution in [2.24, 2.45) is 0 Å². The van der Waals surface area contributed by atoms with Gasteiger partial charge in [-0.25, -0.2) is 6.57 Å². The summed E-state index contributed by atoms with van der Waals surface area (Å²) in [6.07, 6.45) is 0. The third-order valence-electron chi connectivity index (χ3n) is 2.08. The van der Waals surface area contributed by atoms with E-state index < -0.39 is 0 Å². The second kappa shape index (κ2) is 2.98. The summed E-state index contributed by atoms with van der Waals surface area (Å²) in [4.78, 5) is 3.60. The summed E-state index contributed by atoms with van der Waals surface area (Å²) in [5, 5.41) is 0. The molecule has 1 aromatic carbocycles. The molecule has 1 rings (SSSR count). The molecule has 0 spiro atoms. The highest BCUT2D eigenvalue weighted by Crippen LogP contribution is 2.26. The molecule has 0 aliphatic carbocycles. The van der Waals surface area contributed by atoms with Gasteiger partial charge in [-0.3, -0.25) is 0 Å². The molecule has 1 nitrogen and oxygen atoms in total. The van der Waals surface area contributed by atoms with E-state index in [9.17, 15) is 0 Å². The van der Waals surface area contributed by atoms with Gasteiger partial charge >= 0.3 is 0 Å². The van der Waals surface area contributed by atoms with Crippen LogP contribution in [0.3, 0.4) is 0 Å². The lowest BCUT2D eigenvalue weighted by Crippen LogP contribution is -2.12. The summed E-state index contributed by atoms with van der Waals surface area (Å²) < 4.78 is 0. The highest BCUT2D eigenvalue weighted by Gasteiger charge is 2.26. The second-order valence-corrected chi connectivity index (χ2v) is 3.49. The van der Waals surface area contributed by atoms with Gasteiger partial charge in [-0.15, -0.1) is 0 Å². The molecule has 0 N–H and O–H groups in total. The molecule has 0 aliphatic heterocycles. The Hall–Kier alpha value is -1.29. The lowest BCUT2D eigenvalue weighted by atomic mass is 9.91. The maximum Gasteiger partial charge on any atom is 0.252 e. The lowest BCUT2D eigenvalue weighted by Gasteiger charge is -2.13. The van der Waals surface area contributed by atoms with Crippen LogP contribution in [0.2, 0.25) is 0 Å². The van der Waals surface area contributed by atoms with Crippen molar-refractivity contribution in [1.29, 1.82) is 0 Å². The summed E-state index contributed by atoms with van der Waals surface area (Å²) in [6.45, 7) is 13.0. The van der Waals surface area contributed by atoms with E-state index in [-0.39, 0.29) is 5.54 Å². The van der Waals surface area contributed by atoms with Crippen LogP contribution in [0, 0.1) is 13.5 Å². The second-order valence-electron chi connectivity index (χ2n) is 3.49. The maximum absolute atomic E-state index is 7.06. The summed E-state index contributed by atoms with van der Waals surface area (Å²) in [6, 6.07) is 8.05. The largest absolute Gasteiger partial charge is 0.306 e. The first-order chi connectivity index (χ1) is 5.58. The van der Waals surface area contributed by atoms with Gasteiger partial charge in [0, 0.05) is 19.4 Å². The topological polar surface area (TPSA) is 4.36 Å². The zero-order valence-electron chi connectivity index (χ0n) is 7.76. The average molecular weight is 159 g/mol. The van der Waals surface area contributed by atoms with Gasteiger partial charge in [0.25, 0.3) is 5.54 Å². The number of nitrogens with zero attached hydrogens (tertiary/aromatic N) is 1. The van der Waals surface area contributed by atoms with Crippen LogP contribution >= 0.6 is 0 Å². The van der Waals surface area contributed by atoms with Crippen LogP contribution in [-0.2, 0) is 5.54 Å². The zero-order valence-corrected chi connectivity index (χ0v) is 7.76. The van der Waals surface area contributed by atoms with Crippen LogP contribution in [0.5, 0.6) is 0 Å². The van der Waals surface area contributed by atoms with Crippen molar-refractivity contribution < 1.29 is 0 Å². The van der Waals surface area contributed by atoms with Crippen LogP contribution in [0.15, 0.2) is 24.3 Å². The molecule has 0 fully saturated rings. The van der Waals surface area contributed by atoms with Crippen LogP contribution in [0.1, 0.15) is 25.0 Å². The Labute approximate surface area is 73.9 Å². The Morgan fingerprint density at radius 2 is 1.83 bits per heavy atom. The number of hydrogen-bond acceptors (Lipinski definition) is 0. The third kappa shape index (κ3) is 1.48. The van der Waals surface area contributed by atoms with Crippen molar-refractivity contribution in [1.82, 2.24) is 0 Å². The third-order valence-corrected chi connectivity index (χ3v) is 2.08. The fraction of sp³-hybridized carbons (Fsp3) is 0.364. The molecule has 0 aliphatic rings. The van der Waals surface area contributed by atoms with E-state index >= 15 is 0 Å². The summed E-state index contributed by atoms with van der Waals surface area (Å²) in [5.74, 6) is 0. The van der Waals surface area contributed by atoms with Gasteiger partial charge in [0.2, 0.25) is 0 Å². The molecule has 0 radical (unpaired) electrons. The molecular formula is C11H13N. The SMILES string of the molecule is [C-]#[N+]C(C)(C)c1ccccc1C. The molecule has 12 heavy (non-hydrogen) atoms. The Morgan fingerprint density at radius 1 is 1.25 bits per heavy atom. The molecule has 0 heterocycles. The van der Waals surface area contributed by atoms with Crippen molar-refractivity contribution >= 4 is 0 Å². The summed E-state index contributed by atoms with van der Waals surface area (Å²) >= 11 is 0. The van der Waals surface area contributed by atoms with Crippen LogP contribution in [0.4, 0.5) is 0 Å². The first kappa shape index (κ1) is 8.80. The minimum atomic E-state index is -0.384. The highest BCUT2D eigenvalue weighted by atomic mass is 14.8. The predicted octanol–water partition coefficient (Wildman–Crippen LogP) is 3.15. The van der Waals surface area contributed by atoms with Gasteiger partial charge in [-0.2, -0.15) is 0 Å². The molecular weight excluding hydrogens is 146 g/mol. The van der Waals surface area contributed by atoms with Crippen LogP contribution < -0.4 is 0 Å². The van der Waals surface area contributed by atoms with Gasteiger partial charge in [0.1, 0.15) is 0 Å². The van der Waals surface area contributed by atoms with E-state index in [1.54, 1.807) is 0 Å². The van der Waals surface area contributed by atoms with Crippen molar-refractivity contribution in [3.8, 4) is 0 Å². The summed E-state index contributed by atoms with van der Waals surface area (Å²) in [5.41, 5.74) is 1.93. The van der Waals surface area contributed by atoms with E-state index in [4.69, 9.17) is 6.57 Å². The van der Waals surface area contributed by atoms with Gasteiger partial charge in [-0.1, -0.05) is 24.3 Å². The maximum atomic E-state index is 7.06. The molecule has 0 unspecified atom stereocenters. The van der Waals surface area contributed by atoms with Crippen LogP contribution in [0.25, 0.3) is 4.85 Å². The number of rotatable bonds is 1. The van der Waals surface area contributed by atoms with Crippen molar-refractivity contribution in [2.45, 2.75) is 26.3 Å². The Balaban J connectivity index is 3.22. The van der Waals surface area contributed by atoms with Gasteiger partial charge in [-0.05, 0) is 12.5 Å². The molecule has 62 valence electrons. The minimum Gasteiger partial charge on any atom is -0.306 e. The van der Waals surface area contributed by atoms with Gasteiger partial charge in [0.05, 0.1) is 0 Å². The molecule has 0 bridgehead atoms. The average Bonchev–Trinajstić information content (AvgIpc) is 2.05. The first-order valence-corrected chi connectivity index (χ1v) is 4.02. The predicted molar refractivity (Wildman–Crippen MR) is 50.8 cm³/mol. The minimum absolute atomic E-state index is 0.384. The normalized spacial score (nSPS) is 10.8. The molecule has 1 aromatic rings. The van der Waals surface area contributed by atoms with E-state index in [2.05, 4.69) is 4.85 Å². The molecule has 0 atom stereocenters. The number of hydrogen-bond donors (Lipinski definition) is 0. The van der Waals surface area contributed by atoms with Gasteiger partial charge in [0.15, 0.2) is 0 Å². The monoisotopic (exact) mass is 159 g/mol. The molecule has 0 aromatic heterocycles. The molecule has 0 amide bonds. The fourth-order valence-corrected chi connectivity index (χ4v) is 1.32. The zero-order chi connectivity index (χ0) is 9.19. The molecule has 0 saturated heterocycles. The van der Waals surface area contributed by atoms with E-state index in [0.29, 0.717) is 0 Å². The Morgan fingerprint density at radius 3 is 2.33 bits per heavy atom. The fourth-order valence-electron chi connectivity index (χ4n) is 1.32. The molecule has 1 heteroatoms. The van der Waals surface area contributed by atoms with Crippen molar-refractivity contribution in [2.75, 3.05) is 0 Å². The van der Waals surface area contributed by atoms with Crippen molar-refractivity contribution in [3.63, 3.8) is 0 Å². The van der Waals surface area contributed by atoms with Crippen molar-refractivity contribution in [3.05, 3.63) is 46.8 Å². The lowest BCUT2D eigenvalue weighted by molar-refractivity contribution is 0.659. The number of aryl methyl sites for hydroxylation is 1. The van der Waals surface area contributed by atoms with Crippen LogP contribution in [-0.4, -0.2) is 0 Å². The molecule has 0 saturated carbocycles.